The van der Waals surface area contributed by atoms with Crippen LogP contribution < -0.4 is 0 Å². The van der Waals surface area contributed by atoms with E-state index in [0.29, 0.717) is 0 Å². The molecule has 0 bridgehead atoms. The van der Waals surface area contributed by atoms with Crippen molar-refractivity contribution in [1.82, 2.24) is 0 Å². The zero-order valence-electron chi connectivity index (χ0n) is 8.33. The normalized spacial score (nSPS) is 10.4. The van der Waals surface area contributed by atoms with Crippen molar-refractivity contribution in [3.8, 4) is 0 Å². The van der Waals surface area contributed by atoms with Crippen LogP contribution in [0.5, 0.6) is 0 Å². The fourth-order valence-electron chi connectivity index (χ4n) is 1.29. The molecule has 0 radical (unpaired) electrons. The molecule has 0 aliphatic carbocycles. The first kappa shape index (κ1) is 13.8. The van der Waals surface area contributed by atoms with Crippen molar-refractivity contribution in [3.63, 3.8) is 0 Å². The Kier molecular flexibility index (Phi) is 4.24. The van der Waals surface area contributed by atoms with E-state index in [1.807, 2.05) is 0 Å². The molecule has 0 saturated heterocycles. The lowest BCUT2D eigenvalue weighted by atomic mass is 10.0. The zero-order valence-corrected chi connectivity index (χ0v) is 11.4. The third-order valence-electron chi connectivity index (χ3n) is 1.97. The van der Waals surface area contributed by atoms with Crippen LogP contribution in [0.15, 0.2) is 0 Å². The maximum Gasteiger partial charge on any atom is 0.162 e. The van der Waals surface area contributed by atoms with Crippen LogP contribution >= 0.6 is 46.4 Å². The van der Waals surface area contributed by atoms with Crippen molar-refractivity contribution >= 4 is 58.0 Å². The number of hydrogen-bond acceptors (Lipinski definition) is 2. The van der Waals surface area contributed by atoms with Crippen molar-refractivity contribution in [2.45, 2.75) is 13.8 Å². The topological polar surface area (TPSA) is 34.1 Å². The maximum absolute atomic E-state index is 11.4. The molecule has 0 spiro atoms. The predicted molar refractivity (Wildman–Crippen MR) is 66.5 cm³/mol. The Balaban J connectivity index is 3.83. The summed E-state index contributed by atoms with van der Waals surface area (Å²) < 4.78 is 0. The highest BCUT2D eigenvalue weighted by Crippen LogP contribution is 2.41. The molecule has 1 rings (SSSR count). The third-order valence-corrected chi connectivity index (χ3v) is 3.77. The van der Waals surface area contributed by atoms with E-state index < -0.39 is 11.6 Å². The standard InChI is InChI=1S/C10H6Cl4O2/c1-3(15)5-6(4(2)16)8(12)10(14)9(13)7(5)11/h1-2H3. The van der Waals surface area contributed by atoms with Gasteiger partial charge in [-0.15, -0.1) is 0 Å². The SMILES string of the molecule is CC(=O)c1c(Cl)c(Cl)c(Cl)c(Cl)c1C(C)=O. The van der Waals surface area contributed by atoms with Gasteiger partial charge in [0, 0.05) is 11.1 Å². The highest BCUT2D eigenvalue weighted by atomic mass is 35.5. The van der Waals surface area contributed by atoms with E-state index in [1.165, 1.54) is 13.8 Å². The average Bonchev–Trinajstić information content (AvgIpc) is 2.18. The summed E-state index contributed by atoms with van der Waals surface area (Å²) in [5.74, 6) is -0.786. The van der Waals surface area contributed by atoms with Crippen LogP contribution in [-0.2, 0) is 0 Å². The quantitative estimate of drug-likeness (QED) is 0.450. The molecule has 0 aliphatic heterocycles. The second-order valence-corrected chi connectivity index (χ2v) is 4.63. The molecule has 0 aromatic heterocycles. The molecule has 16 heavy (non-hydrogen) atoms. The van der Waals surface area contributed by atoms with E-state index in [4.69, 9.17) is 46.4 Å². The van der Waals surface area contributed by atoms with Gasteiger partial charge >= 0.3 is 0 Å². The first-order valence-corrected chi connectivity index (χ1v) is 5.68. The van der Waals surface area contributed by atoms with Gasteiger partial charge in [-0.1, -0.05) is 46.4 Å². The van der Waals surface area contributed by atoms with E-state index in [1.54, 1.807) is 0 Å². The average molecular weight is 300 g/mol. The fourth-order valence-corrected chi connectivity index (χ4v) is 2.41. The van der Waals surface area contributed by atoms with Crippen molar-refractivity contribution in [1.29, 1.82) is 0 Å². The fraction of sp³-hybridized carbons (Fsp3) is 0.200. The van der Waals surface area contributed by atoms with Gasteiger partial charge in [0.2, 0.25) is 0 Å². The summed E-state index contributed by atoms with van der Waals surface area (Å²) in [5, 5.41) is -0.144. The molecule has 0 N–H and O–H groups in total. The molecule has 0 atom stereocenters. The Morgan fingerprint density at radius 3 is 1.12 bits per heavy atom. The van der Waals surface area contributed by atoms with Crippen LogP contribution in [-0.4, -0.2) is 11.6 Å². The van der Waals surface area contributed by atoms with Gasteiger partial charge < -0.3 is 0 Å². The van der Waals surface area contributed by atoms with Crippen LogP contribution in [0, 0.1) is 0 Å². The zero-order chi connectivity index (χ0) is 12.6. The number of carbonyl (C=O) groups is 2. The second-order valence-electron chi connectivity index (χ2n) is 3.12. The van der Waals surface area contributed by atoms with E-state index in [9.17, 15) is 9.59 Å². The van der Waals surface area contributed by atoms with Crippen molar-refractivity contribution < 1.29 is 9.59 Å². The smallest absolute Gasteiger partial charge is 0.162 e. The van der Waals surface area contributed by atoms with Crippen LogP contribution in [0.25, 0.3) is 0 Å². The molecule has 0 aliphatic rings. The lowest BCUT2D eigenvalue weighted by molar-refractivity contribution is 0.0981. The van der Waals surface area contributed by atoms with Gasteiger partial charge in [-0.05, 0) is 13.8 Å². The number of Topliss-reactive ketones (excluding diaryl/α,β-unsaturated/α-hetero) is 2. The third kappa shape index (κ3) is 2.21. The Labute approximate surface area is 112 Å². The molecule has 86 valence electrons. The van der Waals surface area contributed by atoms with Crippen LogP contribution in [0.4, 0.5) is 0 Å². The van der Waals surface area contributed by atoms with Gasteiger partial charge in [-0.2, -0.15) is 0 Å². The summed E-state index contributed by atoms with van der Waals surface area (Å²) in [6.45, 7) is 2.54. The first-order chi connectivity index (χ1) is 7.29. The molecule has 6 heteroatoms. The Morgan fingerprint density at radius 2 is 0.938 bits per heavy atom. The van der Waals surface area contributed by atoms with Crippen molar-refractivity contribution in [3.05, 3.63) is 31.2 Å². The van der Waals surface area contributed by atoms with E-state index in [2.05, 4.69) is 0 Å². The van der Waals surface area contributed by atoms with Crippen molar-refractivity contribution in [2.75, 3.05) is 0 Å². The summed E-state index contributed by atoms with van der Waals surface area (Å²) >= 11 is 23.3. The lowest BCUT2D eigenvalue weighted by Crippen LogP contribution is -2.07. The number of carbonyl (C=O) groups excluding carboxylic acids is 2. The van der Waals surface area contributed by atoms with Gasteiger partial charge in [0.15, 0.2) is 11.6 Å². The Hall–Kier alpha value is -0.280. The largest absolute Gasteiger partial charge is 0.294 e. The monoisotopic (exact) mass is 298 g/mol. The first-order valence-electron chi connectivity index (χ1n) is 4.16. The van der Waals surface area contributed by atoms with Gasteiger partial charge in [0.1, 0.15) is 0 Å². The molecule has 2 nitrogen and oxygen atoms in total. The molecule has 0 saturated carbocycles. The van der Waals surface area contributed by atoms with Crippen LogP contribution in [0.3, 0.4) is 0 Å². The van der Waals surface area contributed by atoms with E-state index >= 15 is 0 Å². The summed E-state index contributed by atoms with van der Waals surface area (Å²) in [6.07, 6.45) is 0. The number of hydrogen-bond donors (Lipinski definition) is 0. The maximum atomic E-state index is 11.4. The predicted octanol–water partition coefficient (Wildman–Crippen LogP) is 4.71. The minimum absolute atomic E-state index is 0.00793. The van der Waals surface area contributed by atoms with E-state index in [0.717, 1.165) is 0 Å². The van der Waals surface area contributed by atoms with Crippen LogP contribution in [0.2, 0.25) is 20.1 Å². The van der Waals surface area contributed by atoms with Gasteiger partial charge in [0.05, 0.1) is 20.1 Å². The number of rotatable bonds is 2. The lowest BCUT2D eigenvalue weighted by Gasteiger charge is -2.12. The van der Waals surface area contributed by atoms with Gasteiger partial charge in [0.25, 0.3) is 0 Å². The van der Waals surface area contributed by atoms with Crippen LogP contribution in [0.1, 0.15) is 34.6 Å². The summed E-state index contributed by atoms with van der Waals surface area (Å²) in [6, 6.07) is 0. The molecule has 1 aromatic carbocycles. The highest BCUT2D eigenvalue weighted by Gasteiger charge is 2.24. The van der Waals surface area contributed by atoms with Crippen molar-refractivity contribution in [2.24, 2.45) is 0 Å². The second kappa shape index (κ2) is 4.92. The van der Waals surface area contributed by atoms with Gasteiger partial charge in [-0.25, -0.2) is 0 Å². The Bertz CT molecular complexity index is 449. The highest BCUT2D eigenvalue weighted by molar-refractivity contribution is 6.54. The molecular formula is C10H6Cl4O2. The summed E-state index contributed by atoms with van der Waals surface area (Å²) in [7, 11) is 0. The number of halogens is 4. The Morgan fingerprint density at radius 1 is 0.688 bits per heavy atom. The minimum atomic E-state index is -0.393. The van der Waals surface area contributed by atoms with E-state index in [-0.39, 0.29) is 31.2 Å². The number of benzene rings is 1. The summed E-state index contributed by atoms with van der Waals surface area (Å²) in [4.78, 5) is 22.8. The molecule has 0 unspecified atom stereocenters. The molecule has 0 fully saturated rings. The molecule has 0 heterocycles. The molecule has 0 amide bonds. The molecule has 1 aromatic rings. The minimum Gasteiger partial charge on any atom is -0.294 e. The van der Waals surface area contributed by atoms with Gasteiger partial charge in [-0.3, -0.25) is 9.59 Å². The number of ketones is 2. The molecular weight excluding hydrogens is 294 g/mol. The summed E-state index contributed by atoms with van der Waals surface area (Å²) in [5.41, 5.74) is 0.0159.